The van der Waals surface area contributed by atoms with E-state index >= 15 is 0 Å². The summed E-state index contributed by atoms with van der Waals surface area (Å²) in [7, 11) is 0. The molecule has 0 radical (unpaired) electrons. The van der Waals surface area contributed by atoms with Crippen LogP contribution < -0.4 is 0 Å². The van der Waals surface area contributed by atoms with E-state index in [9.17, 15) is 0 Å². The number of hydrogen-bond acceptors (Lipinski definition) is 4. The summed E-state index contributed by atoms with van der Waals surface area (Å²) in [5, 5.41) is 4.63. The highest BCUT2D eigenvalue weighted by Crippen LogP contribution is 2.39. The monoisotopic (exact) mass is 866 g/mol. The van der Waals surface area contributed by atoms with Gasteiger partial charge in [-0.3, -0.25) is 0 Å². The van der Waals surface area contributed by atoms with E-state index in [-0.39, 0.29) is 0 Å². The molecule has 3 aromatic heterocycles. The van der Waals surface area contributed by atoms with Gasteiger partial charge in [-0.25, -0.2) is 19.9 Å². The van der Waals surface area contributed by atoms with Crippen molar-refractivity contribution in [2.45, 2.75) is 0 Å². The molecule has 0 aliphatic heterocycles. The molecular formula is C64H42N4. The molecule has 0 aliphatic carbocycles. The first-order valence-corrected chi connectivity index (χ1v) is 22.9. The van der Waals surface area contributed by atoms with E-state index < -0.39 is 0 Å². The lowest BCUT2D eigenvalue weighted by Gasteiger charge is -2.16. The van der Waals surface area contributed by atoms with Crippen LogP contribution in [0.2, 0.25) is 0 Å². The fraction of sp³-hybridized carbons (Fsp3) is 0. The highest BCUT2D eigenvalue weighted by molar-refractivity contribution is 5.90. The number of benzene rings is 9. The molecule has 318 valence electrons. The highest BCUT2D eigenvalue weighted by atomic mass is 14.9. The van der Waals surface area contributed by atoms with Gasteiger partial charge in [0.2, 0.25) is 0 Å². The molecule has 4 nitrogen and oxygen atoms in total. The molecule has 3 heterocycles. The van der Waals surface area contributed by atoms with Crippen molar-refractivity contribution in [3.63, 3.8) is 0 Å². The number of hydrogen-bond donors (Lipinski definition) is 0. The second-order valence-corrected chi connectivity index (χ2v) is 17.1. The molecule has 12 aromatic rings. The third kappa shape index (κ3) is 8.23. The Morgan fingerprint density at radius 3 is 0.926 bits per heavy atom. The van der Waals surface area contributed by atoms with Crippen LogP contribution in [0.4, 0.5) is 0 Å². The summed E-state index contributed by atoms with van der Waals surface area (Å²) in [5.41, 5.74) is 16.3. The standard InChI is InChI=1S/C64H42N4/c1-5-17-43(18-6-1)53-38-58(47-23-9-3-10-24-47)65-60(40-53)55-35-56(61-41-54(44-19-7-2-8-20-44)39-59(66-61)48-25-11-4-12-26-48)37-57(36-55)63-42-62(51-31-29-45-21-13-15-27-49(45)33-51)67-64(68-63)52-32-30-46-22-14-16-28-50(46)34-52/h1-42H. The normalized spacial score (nSPS) is 11.2. The molecule has 0 spiro atoms. The summed E-state index contributed by atoms with van der Waals surface area (Å²) >= 11 is 0. The van der Waals surface area contributed by atoms with Gasteiger partial charge in [0.05, 0.1) is 34.2 Å². The number of rotatable bonds is 9. The maximum Gasteiger partial charge on any atom is 0.160 e. The van der Waals surface area contributed by atoms with Crippen LogP contribution in [0.3, 0.4) is 0 Å². The first-order valence-electron chi connectivity index (χ1n) is 22.9. The van der Waals surface area contributed by atoms with Gasteiger partial charge in [-0.05, 0) is 104 Å². The Balaban J connectivity index is 1.12. The van der Waals surface area contributed by atoms with Crippen LogP contribution >= 0.6 is 0 Å². The zero-order valence-electron chi connectivity index (χ0n) is 37.0. The fourth-order valence-corrected chi connectivity index (χ4v) is 9.09. The highest BCUT2D eigenvalue weighted by Gasteiger charge is 2.18. The van der Waals surface area contributed by atoms with E-state index in [0.717, 1.165) is 106 Å². The van der Waals surface area contributed by atoms with Crippen molar-refractivity contribution < 1.29 is 0 Å². The average Bonchev–Trinajstić information content (AvgIpc) is 3.43. The topological polar surface area (TPSA) is 51.6 Å². The summed E-state index contributed by atoms with van der Waals surface area (Å²) in [5.74, 6) is 0.648. The fourth-order valence-electron chi connectivity index (χ4n) is 9.09. The third-order valence-electron chi connectivity index (χ3n) is 12.6. The lowest BCUT2D eigenvalue weighted by atomic mass is 9.94. The number of pyridine rings is 2. The minimum atomic E-state index is 0.648. The SMILES string of the molecule is c1ccc(-c2cc(-c3ccccc3)nc(-c3cc(-c4cc(-c5ccccc5)cc(-c5ccccc5)n4)cc(-c4cc(-c5ccc6ccccc6c5)nc(-c5ccc6ccccc6c5)n4)c3)c2)cc1. The van der Waals surface area contributed by atoms with Crippen molar-refractivity contribution in [1.29, 1.82) is 0 Å². The molecule has 9 aromatic carbocycles. The van der Waals surface area contributed by atoms with Crippen molar-refractivity contribution in [3.8, 4) is 101 Å². The van der Waals surface area contributed by atoms with E-state index in [0.29, 0.717) is 5.82 Å². The lowest BCUT2D eigenvalue weighted by Crippen LogP contribution is -1.98. The van der Waals surface area contributed by atoms with Crippen LogP contribution in [0.5, 0.6) is 0 Å². The Bertz CT molecular complexity index is 3420. The van der Waals surface area contributed by atoms with Gasteiger partial charge in [0, 0.05) is 38.9 Å². The van der Waals surface area contributed by atoms with Gasteiger partial charge in [-0.15, -0.1) is 0 Å². The van der Waals surface area contributed by atoms with Gasteiger partial charge in [0.25, 0.3) is 0 Å². The van der Waals surface area contributed by atoms with Gasteiger partial charge in [0.1, 0.15) is 0 Å². The van der Waals surface area contributed by atoms with Gasteiger partial charge in [-0.1, -0.05) is 194 Å². The molecule has 0 N–H and O–H groups in total. The first kappa shape index (κ1) is 40.4. The molecular weight excluding hydrogens is 825 g/mol. The van der Waals surface area contributed by atoms with E-state index in [4.69, 9.17) is 19.9 Å². The van der Waals surface area contributed by atoms with E-state index in [1.54, 1.807) is 0 Å². The van der Waals surface area contributed by atoms with Crippen LogP contribution in [0.25, 0.3) is 123 Å². The summed E-state index contributed by atoms with van der Waals surface area (Å²) < 4.78 is 0. The predicted octanol–water partition coefficient (Wildman–Crippen LogP) is 16.6. The lowest BCUT2D eigenvalue weighted by molar-refractivity contribution is 1.18. The first-order chi connectivity index (χ1) is 33.6. The number of nitrogens with zero attached hydrogens (tertiary/aromatic N) is 4. The van der Waals surface area contributed by atoms with Crippen molar-refractivity contribution in [3.05, 3.63) is 255 Å². The van der Waals surface area contributed by atoms with Crippen LogP contribution in [-0.4, -0.2) is 19.9 Å². The third-order valence-corrected chi connectivity index (χ3v) is 12.6. The Morgan fingerprint density at radius 1 is 0.162 bits per heavy atom. The summed E-state index contributed by atoms with van der Waals surface area (Å²) in [6.45, 7) is 0. The van der Waals surface area contributed by atoms with Gasteiger partial charge < -0.3 is 0 Å². The van der Waals surface area contributed by atoms with Gasteiger partial charge in [-0.2, -0.15) is 0 Å². The van der Waals surface area contributed by atoms with Crippen LogP contribution in [0, 0.1) is 0 Å². The Morgan fingerprint density at radius 2 is 0.485 bits per heavy atom. The Hall–Kier alpha value is -9.12. The Labute approximate surface area is 395 Å². The van der Waals surface area contributed by atoms with Gasteiger partial charge in [0.15, 0.2) is 5.82 Å². The largest absolute Gasteiger partial charge is 0.248 e. The second kappa shape index (κ2) is 17.7. The molecule has 4 heteroatoms. The van der Waals surface area contributed by atoms with Crippen LogP contribution in [-0.2, 0) is 0 Å². The molecule has 0 bridgehead atoms. The minimum absolute atomic E-state index is 0.648. The molecule has 0 saturated carbocycles. The maximum absolute atomic E-state index is 5.45. The van der Waals surface area contributed by atoms with Crippen molar-refractivity contribution in [1.82, 2.24) is 19.9 Å². The molecule has 0 aliphatic rings. The molecule has 0 amide bonds. The average molecular weight is 867 g/mol. The van der Waals surface area contributed by atoms with Crippen molar-refractivity contribution in [2.24, 2.45) is 0 Å². The zero-order chi connectivity index (χ0) is 45.2. The summed E-state index contributed by atoms with van der Waals surface area (Å²) in [6.07, 6.45) is 0. The van der Waals surface area contributed by atoms with E-state index in [1.807, 2.05) is 12.1 Å². The number of fused-ring (bicyclic) bond motifs is 2. The van der Waals surface area contributed by atoms with Crippen molar-refractivity contribution >= 4 is 21.5 Å². The molecule has 0 atom stereocenters. The smallest absolute Gasteiger partial charge is 0.160 e. The Kier molecular flexibility index (Phi) is 10.5. The molecule has 12 rings (SSSR count). The van der Waals surface area contributed by atoms with Gasteiger partial charge >= 0.3 is 0 Å². The zero-order valence-corrected chi connectivity index (χ0v) is 37.0. The van der Waals surface area contributed by atoms with Crippen LogP contribution in [0.15, 0.2) is 255 Å². The molecule has 68 heavy (non-hydrogen) atoms. The summed E-state index contributed by atoms with van der Waals surface area (Å²) in [6, 6.07) is 89.4. The predicted molar refractivity (Wildman–Crippen MR) is 282 cm³/mol. The molecule has 0 saturated heterocycles. The quantitative estimate of drug-likeness (QED) is 0.145. The van der Waals surface area contributed by atoms with Crippen LogP contribution in [0.1, 0.15) is 0 Å². The van der Waals surface area contributed by atoms with E-state index in [1.165, 1.54) is 10.8 Å². The maximum atomic E-state index is 5.45. The van der Waals surface area contributed by atoms with E-state index in [2.05, 4.69) is 243 Å². The second-order valence-electron chi connectivity index (χ2n) is 17.1. The number of aromatic nitrogens is 4. The summed E-state index contributed by atoms with van der Waals surface area (Å²) in [4.78, 5) is 21.6. The molecule has 0 unspecified atom stereocenters. The minimum Gasteiger partial charge on any atom is -0.248 e. The van der Waals surface area contributed by atoms with Crippen molar-refractivity contribution in [2.75, 3.05) is 0 Å². The molecule has 0 fully saturated rings.